The molecule has 0 radical (unpaired) electrons. The van der Waals surface area contributed by atoms with Crippen molar-refractivity contribution in [1.82, 2.24) is 4.98 Å². The Bertz CT molecular complexity index is 828. The number of rotatable bonds is 9. The summed E-state index contributed by atoms with van der Waals surface area (Å²) in [6, 6.07) is 18.7. The van der Waals surface area contributed by atoms with Crippen molar-refractivity contribution in [3.05, 3.63) is 65.5 Å². The predicted molar refractivity (Wildman–Crippen MR) is 115 cm³/mol. The molecule has 0 unspecified atom stereocenters. The third kappa shape index (κ3) is 5.71. The zero-order chi connectivity index (χ0) is 18.0. The van der Waals surface area contributed by atoms with Crippen LogP contribution >= 0.6 is 23.1 Å². The Morgan fingerprint density at radius 2 is 2.00 bits per heavy atom. The van der Waals surface area contributed by atoms with E-state index in [0.717, 1.165) is 22.0 Å². The lowest BCUT2D eigenvalue weighted by molar-refractivity contribution is 0.778. The number of thioether (sulfide) groups is 1. The molecule has 5 heteroatoms. The van der Waals surface area contributed by atoms with Crippen molar-refractivity contribution in [3.8, 4) is 11.3 Å². The van der Waals surface area contributed by atoms with Crippen LogP contribution in [0.4, 0.5) is 5.13 Å². The first kappa shape index (κ1) is 18.7. The molecular formula is C21H23N3S2. The summed E-state index contributed by atoms with van der Waals surface area (Å²) < 4.78 is 0. The number of unbranched alkanes of at least 4 members (excludes halogenated alkanes) is 2. The molecule has 0 saturated carbocycles. The van der Waals surface area contributed by atoms with Crippen LogP contribution in [-0.2, 0) is 0 Å². The summed E-state index contributed by atoms with van der Waals surface area (Å²) in [4.78, 5) is 5.87. The zero-order valence-corrected chi connectivity index (χ0v) is 16.5. The second-order valence-corrected chi connectivity index (χ2v) is 7.93. The van der Waals surface area contributed by atoms with Gasteiger partial charge in [-0.15, -0.1) is 23.1 Å². The monoisotopic (exact) mass is 381 g/mol. The molecule has 2 aromatic carbocycles. The Balaban J connectivity index is 1.55. The molecule has 1 heterocycles. The average molecular weight is 382 g/mol. The standard InChI is InChI=1S/C21H23N3S2/c1-2-3-7-13-25-19-12-8-9-17(14-19)15-22-24-21-23-20(16-26-21)18-10-5-4-6-11-18/h4-6,8-12,14-16H,2-3,7,13H2,1H3,(H,23,24). The van der Waals surface area contributed by atoms with Gasteiger partial charge in [0.05, 0.1) is 11.9 Å². The van der Waals surface area contributed by atoms with Crippen molar-refractivity contribution in [3.63, 3.8) is 0 Å². The van der Waals surface area contributed by atoms with Crippen molar-refractivity contribution in [1.29, 1.82) is 0 Å². The summed E-state index contributed by atoms with van der Waals surface area (Å²) in [7, 11) is 0. The maximum Gasteiger partial charge on any atom is 0.203 e. The molecule has 0 spiro atoms. The third-order valence-electron chi connectivity index (χ3n) is 3.82. The highest BCUT2D eigenvalue weighted by molar-refractivity contribution is 7.99. The molecule has 0 aliphatic carbocycles. The molecule has 0 aliphatic heterocycles. The van der Waals surface area contributed by atoms with Gasteiger partial charge in [0.15, 0.2) is 0 Å². The van der Waals surface area contributed by atoms with Crippen molar-refractivity contribution in [2.45, 2.75) is 31.1 Å². The van der Waals surface area contributed by atoms with E-state index in [4.69, 9.17) is 0 Å². The van der Waals surface area contributed by atoms with Gasteiger partial charge in [0.1, 0.15) is 0 Å². The SMILES string of the molecule is CCCCCSc1cccc(C=NNc2nc(-c3ccccc3)cs2)c1. The zero-order valence-electron chi connectivity index (χ0n) is 14.9. The van der Waals surface area contributed by atoms with Gasteiger partial charge in [0, 0.05) is 15.8 Å². The van der Waals surface area contributed by atoms with E-state index < -0.39 is 0 Å². The fourth-order valence-electron chi connectivity index (χ4n) is 2.46. The van der Waals surface area contributed by atoms with Gasteiger partial charge in [-0.05, 0) is 29.9 Å². The first-order valence-electron chi connectivity index (χ1n) is 8.88. The minimum atomic E-state index is 0.796. The number of benzene rings is 2. The summed E-state index contributed by atoms with van der Waals surface area (Å²) in [6.45, 7) is 2.24. The fourth-order valence-corrected chi connectivity index (χ4v) is 4.10. The van der Waals surface area contributed by atoms with Crippen molar-refractivity contribution >= 4 is 34.4 Å². The largest absolute Gasteiger partial charge is 0.253 e. The molecule has 1 N–H and O–H groups in total. The van der Waals surface area contributed by atoms with Crippen molar-refractivity contribution in [2.75, 3.05) is 11.2 Å². The summed E-state index contributed by atoms with van der Waals surface area (Å²) in [5.74, 6) is 1.17. The van der Waals surface area contributed by atoms with Crippen LogP contribution < -0.4 is 5.43 Å². The Labute approximate surface area is 163 Å². The van der Waals surface area contributed by atoms with E-state index in [-0.39, 0.29) is 0 Å². The first-order chi connectivity index (χ1) is 12.8. The molecule has 0 saturated heterocycles. The number of hydrogen-bond donors (Lipinski definition) is 1. The fraction of sp³-hybridized carbons (Fsp3) is 0.238. The number of aromatic nitrogens is 1. The molecule has 0 bridgehead atoms. The number of anilines is 1. The molecule has 26 heavy (non-hydrogen) atoms. The van der Waals surface area contributed by atoms with E-state index >= 15 is 0 Å². The first-order valence-corrected chi connectivity index (χ1v) is 10.7. The predicted octanol–water partition coefficient (Wildman–Crippen LogP) is 6.54. The molecule has 3 aromatic rings. The highest BCUT2D eigenvalue weighted by Crippen LogP contribution is 2.24. The minimum Gasteiger partial charge on any atom is -0.253 e. The van der Waals surface area contributed by atoms with Crippen LogP contribution in [0, 0.1) is 0 Å². The van der Waals surface area contributed by atoms with Crippen LogP contribution in [0.5, 0.6) is 0 Å². The van der Waals surface area contributed by atoms with Crippen LogP contribution in [0.15, 0.2) is 70.0 Å². The van der Waals surface area contributed by atoms with Gasteiger partial charge < -0.3 is 0 Å². The van der Waals surface area contributed by atoms with Gasteiger partial charge in [0.2, 0.25) is 5.13 Å². The summed E-state index contributed by atoms with van der Waals surface area (Å²) >= 11 is 3.47. The third-order valence-corrected chi connectivity index (χ3v) is 5.65. The second-order valence-electron chi connectivity index (χ2n) is 5.90. The van der Waals surface area contributed by atoms with E-state index in [2.05, 4.69) is 58.8 Å². The topological polar surface area (TPSA) is 37.3 Å². The highest BCUT2D eigenvalue weighted by atomic mass is 32.2. The van der Waals surface area contributed by atoms with Gasteiger partial charge in [-0.2, -0.15) is 5.10 Å². The molecular weight excluding hydrogens is 358 g/mol. The molecule has 1 aromatic heterocycles. The summed E-state index contributed by atoms with van der Waals surface area (Å²) in [6.07, 6.45) is 5.69. The van der Waals surface area contributed by atoms with E-state index in [1.54, 1.807) is 11.3 Å². The minimum absolute atomic E-state index is 0.796. The van der Waals surface area contributed by atoms with Gasteiger partial charge in [-0.3, -0.25) is 5.43 Å². The maximum absolute atomic E-state index is 4.58. The Morgan fingerprint density at radius 3 is 2.85 bits per heavy atom. The van der Waals surface area contributed by atoms with Gasteiger partial charge in [0.25, 0.3) is 0 Å². The molecule has 134 valence electrons. The lowest BCUT2D eigenvalue weighted by atomic mass is 10.2. The number of nitrogens with one attached hydrogen (secondary N) is 1. The van der Waals surface area contributed by atoms with Crippen molar-refractivity contribution < 1.29 is 0 Å². The Morgan fingerprint density at radius 1 is 1.12 bits per heavy atom. The van der Waals surface area contributed by atoms with Gasteiger partial charge in [-0.25, -0.2) is 4.98 Å². The molecule has 0 fully saturated rings. The number of hydrogen-bond acceptors (Lipinski definition) is 5. The smallest absolute Gasteiger partial charge is 0.203 e. The quantitative estimate of drug-likeness (QED) is 0.198. The molecule has 0 amide bonds. The average Bonchev–Trinajstić information content (AvgIpc) is 3.15. The molecule has 0 aliphatic rings. The van der Waals surface area contributed by atoms with Crippen LogP contribution in [0.3, 0.4) is 0 Å². The summed E-state index contributed by atoms with van der Waals surface area (Å²) in [5, 5.41) is 7.17. The Hall–Kier alpha value is -2.11. The second kappa shape index (κ2) is 10.1. The van der Waals surface area contributed by atoms with Crippen LogP contribution in [0.1, 0.15) is 31.7 Å². The van der Waals surface area contributed by atoms with Crippen molar-refractivity contribution in [2.24, 2.45) is 5.10 Å². The Kier molecular flexibility index (Phi) is 7.28. The molecule has 3 nitrogen and oxygen atoms in total. The summed E-state index contributed by atoms with van der Waals surface area (Å²) in [5.41, 5.74) is 6.22. The van der Waals surface area contributed by atoms with E-state index in [0.29, 0.717) is 0 Å². The van der Waals surface area contributed by atoms with Crippen LogP contribution in [0.2, 0.25) is 0 Å². The van der Waals surface area contributed by atoms with E-state index in [9.17, 15) is 0 Å². The number of hydrazone groups is 1. The normalized spacial score (nSPS) is 11.1. The van der Waals surface area contributed by atoms with E-state index in [1.807, 2.05) is 41.6 Å². The maximum atomic E-state index is 4.58. The van der Waals surface area contributed by atoms with Crippen LogP contribution in [-0.4, -0.2) is 17.0 Å². The lowest BCUT2D eigenvalue weighted by Gasteiger charge is -2.02. The highest BCUT2D eigenvalue weighted by Gasteiger charge is 2.02. The molecule has 0 atom stereocenters. The van der Waals surface area contributed by atoms with Gasteiger partial charge >= 0.3 is 0 Å². The number of thiazole rings is 1. The van der Waals surface area contributed by atoms with Gasteiger partial charge in [-0.1, -0.05) is 62.2 Å². The van der Waals surface area contributed by atoms with E-state index in [1.165, 1.54) is 29.9 Å². The molecule has 3 rings (SSSR count). The number of nitrogens with zero attached hydrogens (tertiary/aromatic N) is 2. The van der Waals surface area contributed by atoms with Crippen LogP contribution in [0.25, 0.3) is 11.3 Å². The lowest BCUT2D eigenvalue weighted by Crippen LogP contribution is -1.90.